The molecule has 1 rings (SSSR count). The number of thioether (sulfide) groups is 1. The zero-order valence-electron chi connectivity index (χ0n) is 10.7. The number of nitrogens with two attached hydrogens (primary N) is 1. The molecule has 1 heterocycles. The number of nitrogens with one attached hydrogen (secondary N) is 1. The lowest BCUT2D eigenvalue weighted by Crippen LogP contribution is -2.36. The first-order valence-corrected chi connectivity index (χ1v) is 7.21. The number of anilines is 1. The highest BCUT2D eigenvalue weighted by Gasteiger charge is 2.15. The van der Waals surface area contributed by atoms with Gasteiger partial charge >= 0.3 is 0 Å². The minimum absolute atomic E-state index is 0.210. The van der Waals surface area contributed by atoms with Crippen LogP contribution in [0.1, 0.15) is 13.3 Å². The topological polar surface area (TPSA) is 77.2 Å². The number of aromatic nitrogens is 1. The summed E-state index contributed by atoms with van der Waals surface area (Å²) in [6.45, 7) is 2.36. The molecule has 100 valence electrons. The predicted molar refractivity (Wildman–Crippen MR) is 75.0 cm³/mol. The lowest BCUT2D eigenvalue weighted by atomic mass is 10.2. The second-order valence-corrected chi connectivity index (χ2v) is 4.65. The van der Waals surface area contributed by atoms with Crippen molar-refractivity contribution in [1.82, 2.24) is 4.98 Å². The number of carbonyl (C=O) groups excluding carboxylic acids is 1. The van der Waals surface area contributed by atoms with Gasteiger partial charge in [0, 0.05) is 6.20 Å². The Morgan fingerprint density at radius 3 is 3.11 bits per heavy atom. The van der Waals surface area contributed by atoms with E-state index in [9.17, 15) is 4.79 Å². The molecule has 0 spiro atoms. The third kappa shape index (κ3) is 4.54. The van der Waals surface area contributed by atoms with Crippen LogP contribution in [0, 0.1) is 0 Å². The van der Waals surface area contributed by atoms with Gasteiger partial charge < -0.3 is 15.8 Å². The highest BCUT2D eigenvalue weighted by atomic mass is 32.2. The molecule has 6 heteroatoms. The molecule has 1 aromatic heterocycles. The van der Waals surface area contributed by atoms with Gasteiger partial charge in [0.15, 0.2) is 0 Å². The summed E-state index contributed by atoms with van der Waals surface area (Å²) in [6, 6.07) is 2.98. The maximum atomic E-state index is 11.8. The van der Waals surface area contributed by atoms with E-state index in [0.717, 1.165) is 5.75 Å². The van der Waals surface area contributed by atoms with Gasteiger partial charge in [-0.05, 0) is 37.5 Å². The van der Waals surface area contributed by atoms with Crippen molar-refractivity contribution in [2.24, 2.45) is 5.73 Å². The van der Waals surface area contributed by atoms with Crippen molar-refractivity contribution < 1.29 is 9.53 Å². The summed E-state index contributed by atoms with van der Waals surface area (Å²) < 4.78 is 5.33. The van der Waals surface area contributed by atoms with Crippen LogP contribution in [0.25, 0.3) is 0 Å². The molecule has 0 aliphatic heterocycles. The van der Waals surface area contributed by atoms with E-state index in [1.54, 1.807) is 30.1 Å². The zero-order valence-corrected chi connectivity index (χ0v) is 11.5. The van der Waals surface area contributed by atoms with Crippen molar-refractivity contribution in [3.8, 4) is 5.88 Å². The maximum absolute atomic E-state index is 11.8. The number of hydrogen-bond donors (Lipinski definition) is 2. The van der Waals surface area contributed by atoms with Crippen LogP contribution in [0.5, 0.6) is 5.88 Å². The van der Waals surface area contributed by atoms with Crippen LogP contribution in [-0.4, -0.2) is 35.5 Å². The number of hydrogen-bond acceptors (Lipinski definition) is 5. The zero-order chi connectivity index (χ0) is 13.4. The average Bonchev–Trinajstić information content (AvgIpc) is 2.38. The van der Waals surface area contributed by atoms with Crippen LogP contribution in [0.15, 0.2) is 18.3 Å². The summed E-state index contributed by atoms with van der Waals surface area (Å²) in [6.07, 6.45) is 4.25. The first-order valence-electron chi connectivity index (χ1n) is 5.82. The first-order chi connectivity index (χ1) is 8.69. The lowest BCUT2D eigenvalue weighted by Gasteiger charge is -2.13. The molecule has 0 radical (unpaired) electrons. The fourth-order valence-corrected chi connectivity index (χ4v) is 1.83. The number of ether oxygens (including phenoxy) is 1. The third-order valence-electron chi connectivity index (χ3n) is 2.28. The van der Waals surface area contributed by atoms with Gasteiger partial charge in [-0.25, -0.2) is 4.98 Å². The molecular weight excluding hydrogens is 250 g/mol. The van der Waals surface area contributed by atoms with Gasteiger partial charge in [-0.1, -0.05) is 0 Å². The molecule has 3 N–H and O–H groups in total. The number of rotatable bonds is 7. The molecule has 0 bridgehead atoms. The largest absolute Gasteiger partial charge is 0.476 e. The minimum atomic E-state index is -0.507. The Morgan fingerprint density at radius 1 is 1.67 bits per heavy atom. The Hall–Kier alpha value is -1.27. The average molecular weight is 269 g/mol. The Labute approximate surface area is 111 Å². The van der Waals surface area contributed by atoms with E-state index in [1.165, 1.54) is 0 Å². The summed E-state index contributed by atoms with van der Waals surface area (Å²) in [5, 5.41) is 2.74. The van der Waals surface area contributed by atoms with Crippen molar-refractivity contribution in [2.45, 2.75) is 19.4 Å². The van der Waals surface area contributed by atoms with Crippen molar-refractivity contribution >= 4 is 23.4 Å². The highest BCUT2D eigenvalue weighted by molar-refractivity contribution is 7.98. The highest BCUT2D eigenvalue weighted by Crippen LogP contribution is 2.20. The van der Waals surface area contributed by atoms with Crippen LogP contribution >= 0.6 is 11.8 Å². The Kier molecular flexibility index (Phi) is 6.53. The van der Waals surface area contributed by atoms with E-state index in [1.807, 2.05) is 13.2 Å². The van der Waals surface area contributed by atoms with Crippen LogP contribution in [0.3, 0.4) is 0 Å². The molecule has 0 unspecified atom stereocenters. The monoisotopic (exact) mass is 269 g/mol. The Balaban J connectivity index is 2.63. The van der Waals surface area contributed by atoms with Crippen LogP contribution < -0.4 is 15.8 Å². The van der Waals surface area contributed by atoms with Gasteiger partial charge in [-0.3, -0.25) is 4.79 Å². The summed E-state index contributed by atoms with van der Waals surface area (Å²) in [5.41, 5.74) is 6.35. The number of pyridine rings is 1. The van der Waals surface area contributed by atoms with Crippen LogP contribution in [0.4, 0.5) is 5.69 Å². The smallest absolute Gasteiger partial charge is 0.241 e. The van der Waals surface area contributed by atoms with Crippen molar-refractivity contribution in [3.63, 3.8) is 0 Å². The molecule has 0 saturated carbocycles. The molecule has 0 aromatic carbocycles. The molecule has 5 nitrogen and oxygen atoms in total. The van der Waals surface area contributed by atoms with Gasteiger partial charge in [-0.2, -0.15) is 11.8 Å². The van der Waals surface area contributed by atoms with Crippen molar-refractivity contribution in [2.75, 3.05) is 23.9 Å². The second kappa shape index (κ2) is 7.94. The molecule has 0 aliphatic rings. The molecule has 1 amide bonds. The SMILES string of the molecule is CCOc1ncccc1NC(=O)[C@H](N)CCSC. The van der Waals surface area contributed by atoms with Gasteiger partial charge in [-0.15, -0.1) is 0 Å². The fourth-order valence-electron chi connectivity index (χ4n) is 1.34. The number of amides is 1. The van der Waals surface area contributed by atoms with Gasteiger partial charge in [0.1, 0.15) is 5.69 Å². The fraction of sp³-hybridized carbons (Fsp3) is 0.500. The predicted octanol–water partition coefficient (Wildman–Crippen LogP) is 1.50. The molecule has 0 fully saturated rings. The van der Waals surface area contributed by atoms with Gasteiger partial charge in [0.05, 0.1) is 12.6 Å². The van der Waals surface area contributed by atoms with E-state index >= 15 is 0 Å². The summed E-state index contributed by atoms with van der Waals surface area (Å²) in [4.78, 5) is 15.9. The molecule has 0 saturated heterocycles. The van der Waals surface area contributed by atoms with E-state index in [4.69, 9.17) is 10.5 Å². The quantitative estimate of drug-likeness (QED) is 0.784. The third-order valence-corrected chi connectivity index (χ3v) is 2.92. The van der Waals surface area contributed by atoms with Gasteiger partial charge in [0.2, 0.25) is 11.8 Å². The Bertz CT molecular complexity index is 387. The normalized spacial score (nSPS) is 11.9. The van der Waals surface area contributed by atoms with Crippen LogP contribution in [-0.2, 0) is 4.79 Å². The molecule has 0 aliphatic carbocycles. The van der Waals surface area contributed by atoms with E-state index < -0.39 is 6.04 Å². The summed E-state index contributed by atoms with van der Waals surface area (Å²) in [5.74, 6) is 1.07. The van der Waals surface area contributed by atoms with E-state index in [2.05, 4.69) is 10.3 Å². The molecule has 1 atom stereocenters. The van der Waals surface area contributed by atoms with Gasteiger partial charge in [0.25, 0.3) is 0 Å². The standard InChI is InChI=1S/C12H19N3O2S/c1-3-17-12-10(5-4-7-14-12)15-11(16)9(13)6-8-18-2/h4-5,7,9H,3,6,8,13H2,1-2H3,(H,15,16)/t9-/m1/s1. The molecule has 1 aromatic rings. The van der Waals surface area contributed by atoms with Crippen molar-refractivity contribution in [1.29, 1.82) is 0 Å². The van der Waals surface area contributed by atoms with Crippen LogP contribution in [0.2, 0.25) is 0 Å². The summed E-state index contributed by atoms with van der Waals surface area (Å²) >= 11 is 1.67. The number of carbonyl (C=O) groups is 1. The minimum Gasteiger partial charge on any atom is -0.476 e. The van der Waals surface area contributed by atoms with E-state index in [-0.39, 0.29) is 5.91 Å². The Morgan fingerprint density at radius 2 is 2.44 bits per heavy atom. The second-order valence-electron chi connectivity index (χ2n) is 3.67. The van der Waals surface area contributed by atoms with E-state index in [0.29, 0.717) is 24.6 Å². The summed E-state index contributed by atoms with van der Waals surface area (Å²) in [7, 11) is 0. The molecular formula is C12H19N3O2S. The number of nitrogens with zero attached hydrogens (tertiary/aromatic N) is 1. The van der Waals surface area contributed by atoms with Crippen molar-refractivity contribution in [3.05, 3.63) is 18.3 Å². The molecule has 18 heavy (non-hydrogen) atoms. The lowest BCUT2D eigenvalue weighted by molar-refractivity contribution is -0.117. The first kappa shape index (κ1) is 14.8. The maximum Gasteiger partial charge on any atom is 0.241 e.